The molecule has 0 spiro atoms. The molecule has 0 radical (unpaired) electrons. The van der Waals surface area contributed by atoms with E-state index in [9.17, 15) is 20.2 Å². The molecule has 0 fully saturated rings. The van der Waals surface area contributed by atoms with Crippen molar-refractivity contribution in [2.75, 3.05) is 18.1 Å². The molecule has 198 valence electrons. The summed E-state index contributed by atoms with van der Waals surface area (Å²) in [6.07, 6.45) is 0.685. The van der Waals surface area contributed by atoms with Crippen LogP contribution in [0.4, 0.5) is 11.4 Å². The largest absolute Gasteiger partial charge is 0.494 e. The number of anilines is 1. The van der Waals surface area contributed by atoms with Crippen molar-refractivity contribution in [1.29, 1.82) is 5.26 Å². The standard InChI is InChI=1S/C28H29ClN4O5/c1-5-37-17-8-10-24(38-6-2)18(12-17)25-19(15-30)27(31)32(21-11-16(33(35)36)7-9-20(21)29)22-13-28(3,4)14-23(34)26(22)25/h7-12,25H,5-6,13-14,31H2,1-4H3. The van der Waals surface area contributed by atoms with Crippen molar-refractivity contribution in [2.45, 2.75) is 46.5 Å². The zero-order valence-electron chi connectivity index (χ0n) is 21.7. The molecule has 1 aliphatic carbocycles. The lowest BCUT2D eigenvalue weighted by Gasteiger charge is -2.44. The van der Waals surface area contributed by atoms with Crippen molar-refractivity contribution in [3.05, 3.63) is 79.8 Å². The lowest BCUT2D eigenvalue weighted by atomic mass is 9.68. The zero-order valence-corrected chi connectivity index (χ0v) is 22.5. The molecule has 1 aliphatic heterocycles. The summed E-state index contributed by atoms with van der Waals surface area (Å²) in [6, 6.07) is 11.5. The number of ketones is 1. The van der Waals surface area contributed by atoms with E-state index in [1.54, 1.807) is 18.2 Å². The highest BCUT2D eigenvalue weighted by molar-refractivity contribution is 6.33. The van der Waals surface area contributed by atoms with E-state index in [4.69, 9.17) is 26.8 Å². The maximum Gasteiger partial charge on any atom is 0.271 e. The first-order valence-corrected chi connectivity index (χ1v) is 12.7. The molecule has 0 aromatic heterocycles. The molecule has 2 aromatic rings. The van der Waals surface area contributed by atoms with Crippen LogP contribution in [0.3, 0.4) is 0 Å². The van der Waals surface area contributed by atoms with Crippen molar-refractivity contribution in [3.63, 3.8) is 0 Å². The van der Waals surface area contributed by atoms with Gasteiger partial charge >= 0.3 is 0 Å². The molecule has 0 saturated carbocycles. The van der Waals surface area contributed by atoms with E-state index in [0.717, 1.165) is 0 Å². The minimum absolute atomic E-state index is 0.0495. The number of Topliss-reactive ketones (excluding diaryl/α,β-unsaturated/α-hetero) is 1. The smallest absolute Gasteiger partial charge is 0.271 e. The molecule has 0 amide bonds. The number of allylic oxidation sites excluding steroid dienone is 3. The topological polar surface area (TPSA) is 132 Å². The number of rotatable bonds is 7. The summed E-state index contributed by atoms with van der Waals surface area (Å²) < 4.78 is 11.6. The Hall–Kier alpha value is -4.03. The van der Waals surface area contributed by atoms with Crippen molar-refractivity contribution in [1.82, 2.24) is 0 Å². The van der Waals surface area contributed by atoms with E-state index in [0.29, 0.717) is 48.0 Å². The van der Waals surface area contributed by atoms with Crippen LogP contribution in [-0.4, -0.2) is 23.9 Å². The molecular weight excluding hydrogens is 508 g/mol. The molecule has 2 N–H and O–H groups in total. The summed E-state index contributed by atoms with van der Waals surface area (Å²) in [7, 11) is 0. The van der Waals surface area contributed by atoms with Gasteiger partial charge in [-0.3, -0.25) is 19.8 Å². The first-order valence-electron chi connectivity index (χ1n) is 12.3. The average molecular weight is 537 g/mol. The van der Waals surface area contributed by atoms with Crippen molar-refractivity contribution < 1.29 is 19.2 Å². The molecule has 4 rings (SSSR count). The Morgan fingerprint density at radius 3 is 2.53 bits per heavy atom. The zero-order chi connectivity index (χ0) is 27.8. The average Bonchev–Trinajstić information content (AvgIpc) is 2.84. The predicted molar refractivity (Wildman–Crippen MR) is 144 cm³/mol. The highest BCUT2D eigenvalue weighted by atomic mass is 35.5. The molecule has 0 bridgehead atoms. The highest BCUT2D eigenvalue weighted by Gasteiger charge is 2.46. The second-order valence-electron chi connectivity index (χ2n) is 9.94. The van der Waals surface area contributed by atoms with Gasteiger partial charge in [0.1, 0.15) is 17.3 Å². The summed E-state index contributed by atoms with van der Waals surface area (Å²) in [5.74, 6) is 0.171. The van der Waals surface area contributed by atoms with Gasteiger partial charge in [0.15, 0.2) is 5.78 Å². The number of halogens is 1. The molecule has 9 nitrogen and oxygen atoms in total. The van der Waals surface area contributed by atoms with E-state index in [2.05, 4.69) is 6.07 Å². The molecule has 0 saturated heterocycles. The number of nitrogens with two attached hydrogens (primary N) is 1. The van der Waals surface area contributed by atoms with Crippen LogP contribution in [0.2, 0.25) is 5.02 Å². The van der Waals surface area contributed by atoms with Gasteiger partial charge in [0.25, 0.3) is 5.69 Å². The van der Waals surface area contributed by atoms with Crippen LogP contribution in [0.5, 0.6) is 11.5 Å². The van der Waals surface area contributed by atoms with Crippen LogP contribution in [0.25, 0.3) is 0 Å². The van der Waals surface area contributed by atoms with Crippen LogP contribution in [-0.2, 0) is 4.79 Å². The maximum absolute atomic E-state index is 13.8. The van der Waals surface area contributed by atoms with Gasteiger partial charge in [-0.05, 0) is 49.9 Å². The summed E-state index contributed by atoms with van der Waals surface area (Å²) in [4.78, 5) is 26.4. The van der Waals surface area contributed by atoms with Crippen LogP contribution < -0.4 is 20.1 Å². The van der Waals surface area contributed by atoms with Gasteiger partial charge in [0.2, 0.25) is 0 Å². The molecule has 10 heteroatoms. The van der Waals surface area contributed by atoms with Crippen LogP contribution in [0.1, 0.15) is 52.0 Å². The van der Waals surface area contributed by atoms with Crippen molar-refractivity contribution in [3.8, 4) is 17.6 Å². The van der Waals surface area contributed by atoms with Crippen LogP contribution >= 0.6 is 11.6 Å². The minimum atomic E-state index is -0.811. The molecule has 38 heavy (non-hydrogen) atoms. The number of nitriles is 1. The van der Waals surface area contributed by atoms with E-state index in [1.165, 1.54) is 23.1 Å². The Morgan fingerprint density at radius 1 is 1.18 bits per heavy atom. The number of nitro groups is 1. The van der Waals surface area contributed by atoms with Gasteiger partial charge < -0.3 is 15.2 Å². The first-order chi connectivity index (χ1) is 18.0. The van der Waals surface area contributed by atoms with Gasteiger partial charge in [-0.2, -0.15) is 5.26 Å². The first kappa shape index (κ1) is 27.0. The fourth-order valence-electron chi connectivity index (χ4n) is 5.18. The highest BCUT2D eigenvalue weighted by Crippen LogP contribution is 2.53. The number of carbonyl (C=O) groups is 1. The Labute approximate surface area is 226 Å². The monoisotopic (exact) mass is 536 g/mol. The SMILES string of the molecule is CCOc1ccc(OCC)c(C2C(C#N)=C(N)N(c3cc([N+](=O)[O-])ccc3Cl)C3=C2C(=O)CC(C)(C)C3)c1. The number of nitrogens with zero attached hydrogens (tertiary/aromatic N) is 3. The number of nitro benzene ring substituents is 1. The second-order valence-corrected chi connectivity index (χ2v) is 10.3. The van der Waals surface area contributed by atoms with Crippen LogP contribution in [0, 0.1) is 26.9 Å². The Kier molecular flexibility index (Phi) is 7.38. The second kappa shape index (κ2) is 10.4. The molecule has 2 aromatic carbocycles. The number of non-ortho nitro benzene ring substituents is 1. The van der Waals surface area contributed by atoms with Crippen LogP contribution in [0.15, 0.2) is 59.1 Å². The lowest BCUT2D eigenvalue weighted by Crippen LogP contribution is -2.42. The van der Waals surface area contributed by atoms with E-state index < -0.39 is 16.3 Å². The van der Waals surface area contributed by atoms with Gasteiger partial charge in [0.05, 0.1) is 46.4 Å². The third kappa shape index (κ3) is 4.79. The Bertz CT molecular complexity index is 1420. The number of ether oxygens (including phenoxy) is 2. The van der Waals surface area contributed by atoms with Gasteiger partial charge in [-0.25, -0.2) is 0 Å². The number of benzene rings is 2. The normalized spacial score (nSPS) is 18.7. The van der Waals surface area contributed by atoms with E-state index in [-0.39, 0.29) is 40.0 Å². The predicted octanol–water partition coefficient (Wildman–Crippen LogP) is 5.99. The molecule has 1 unspecified atom stereocenters. The molecule has 1 atom stereocenters. The van der Waals surface area contributed by atoms with Gasteiger partial charge in [0, 0.05) is 35.4 Å². The van der Waals surface area contributed by atoms with Gasteiger partial charge in [-0.15, -0.1) is 0 Å². The fraction of sp³-hybridized carbons (Fsp3) is 0.357. The van der Waals surface area contributed by atoms with E-state index in [1.807, 2.05) is 27.7 Å². The maximum atomic E-state index is 13.8. The summed E-state index contributed by atoms with van der Waals surface area (Å²) in [5, 5.41) is 22.1. The lowest BCUT2D eigenvalue weighted by molar-refractivity contribution is -0.384. The molecular formula is C28H29ClN4O5. The van der Waals surface area contributed by atoms with Crippen molar-refractivity contribution in [2.24, 2.45) is 11.1 Å². The van der Waals surface area contributed by atoms with Gasteiger partial charge in [-0.1, -0.05) is 25.4 Å². The number of carbonyl (C=O) groups excluding carboxylic acids is 1. The summed E-state index contributed by atoms with van der Waals surface area (Å²) in [6.45, 7) is 8.46. The quantitative estimate of drug-likeness (QED) is 0.337. The third-order valence-corrected chi connectivity index (χ3v) is 6.99. The third-order valence-electron chi connectivity index (χ3n) is 6.67. The van der Waals surface area contributed by atoms with Crippen molar-refractivity contribution >= 4 is 28.8 Å². The molecule has 2 aliphatic rings. The Morgan fingerprint density at radius 2 is 1.89 bits per heavy atom. The Balaban J connectivity index is 2.06. The fourth-order valence-corrected chi connectivity index (χ4v) is 5.38. The minimum Gasteiger partial charge on any atom is -0.494 e. The summed E-state index contributed by atoms with van der Waals surface area (Å²) in [5.41, 5.74) is 7.96. The number of hydrogen-bond acceptors (Lipinski definition) is 8. The van der Waals surface area contributed by atoms with E-state index >= 15 is 0 Å². The molecule has 1 heterocycles. The number of hydrogen-bond donors (Lipinski definition) is 1. The summed E-state index contributed by atoms with van der Waals surface area (Å²) >= 11 is 6.54.